The fraction of sp³-hybridized carbons (Fsp3) is 0.389. The van der Waals surface area contributed by atoms with Gasteiger partial charge in [-0.1, -0.05) is 13.0 Å². The molecule has 0 amide bonds. The van der Waals surface area contributed by atoms with E-state index in [1.807, 2.05) is 6.20 Å². The van der Waals surface area contributed by atoms with Crippen LogP contribution in [-0.4, -0.2) is 18.6 Å². The molecule has 0 bridgehead atoms. The molecule has 0 saturated carbocycles. The van der Waals surface area contributed by atoms with Gasteiger partial charge in [0.15, 0.2) is 0 Å². The van der Waals surface area contributed by atoms with Gasteiger partial charge in [-0.25, -0.2) is 4.98 Å². The molecule has 2 rings (SSSR count). The van der Waals surface area contributed by atoms with Crippen LogP contribution in [0.25, 0.3) is 0 Å². The second kappa shape index (κ2) is 7.11. The first-order valence-corrected chi connectivity index (χ1v) is 7.56. The lowest BCUT2D eigenvalue weighted by atomic mass is 10.1. The molecule has 0 spiro atoms. The maximum atomic E-state index is 4.36. The minimum absolute atomic E-state index is 0.881. The predicted molar refractivity (Wildman–Crippen MR) is 91.0 cm³/mol. The highest BCUT2D eigenvalue weighted by Gasteiger charge is 2.05. The third-order valence-corrected chi connectivity index (χ3v) is 3.45. The Morgan fingerprint density at radius 3 is 2.48 bits per heavy atom. The van der Waals surface area contributed by atoms with Crippen molar-refractivity contribution in [3.05, 3.63) is 53.2 Å². The average Bonchev–Trinajstić information content (AvgIpc) is 2.44. The van der Waals surface area contributed by atoms with Crippen LogP contribution in [0, 0.1) is 13.8 Å². The van der Waals surface area contributed by atoms with Crippen LogP contribution in [0.3, 0.4) is 0 Å². The summed E-state index contributed by atoms with van der Waals surface area (Å²) in [5, 5.41) is 3.34. The smallest absolute Gasteiger partial charge is 0.126 e. The van der Waals surface area contributed by atoms with E-state index in [0.717, 1.165) is 25.3 Å². The predicted octanol–water partition coefficient (Wildman–Crippen LogP) is 4.16. The van der Waals surface area contributed by atoms with Crippen molar-refractivity contribution in [1.29, 1.82) is 0 Å². The summed E-state index contributed by atoms with van der Waals surface area (Å²) in [6, 6.07) is 10.9. The molecule has 3 heteroatoms. The topological polar surface area (TPSA) is 28.2 Å². The zero-order valence-electron chi connectivity index (χ0n) is 13.5. The number of aryl methyl sites for hydroxylation is 2. The van der Waals surface area contributed by atoms with Crippen LogP contribution in [0.5, 0.6) is 0 Å². The number of benzene rings is 1. The van der Waals surface area contributed by atoms with Gasteiger partial charge >= 0.3 is 0 Å². The number of nitrogens with zero attached hydrogens (tertiary/aromatic N) is 2. The highest BCUT2D eigenvalue weighted by atomic mass is 15.1. The lowest BCUT2D eigenvalue weighted by molar-refractivity contribution is 0.914. The van der Waals surface area contributed by atoms with E-state index in [1.165, 1.54) is 22.4 Å². The Hall–Kier alpha value is -2.03. The molecule has 0 aliphatic carbocycles. The summed E-state index contributed by atoms with van der Waals surface area (Å²) in [5.74, 6) is 0.961. The van der Waals surface area contributed by atoms with Gasteiger partial charge in [0, 0.05) is 32.0 Å². The molecule has 3 nitrogen and oxygen atoms in total. The summed E-state index contributed by atoms with van der Waals surface area (Å²) in [4.78, 5) is 6.63. The molecule has 0 saturated heterocycles. The number of aromatic nitrogens is 1. The van der Waals surface area contributed by atoms with Crippen molar-refractivity contribution in [2.75, 3.05) is 23.8 Å². The Morgan fingerprint density at radius 1 is 1.10 bits per heavy atom. The van der Waals surface area contributed by atoms with Gasteiger partial charge < -0.3 is 10.2 Å². The molecule has 1 N–H and O–H groups in total. The maximum absolute atomic E-state index is 4.36. The number of anilines is 2. The monoisotopic (exact) mass is 283 g/mol. The molecule has 0 atom stereocenters. The van der Waals surface area contributed by atoms with E-state index in [9.17, 15) is 0 Å². The first-order chi connectivity index (χ1) is 10.1. The summed E-state index contributed by atoms with van der Waals surface area (Å²) in [7, 11) is 2.13. The second-order valence-electron chi connectivity index (χ2n) is 5.68. The quantitative estimate of drug-likeness (QED) is 0.863. The zero-order chi connectivity index (χ0) is 15.2. The summed E-state index contributed by atoms with van der Waals surface area (Å²) in [5.41, 5.74) is 5.13. The van der Waals surface area contributed by atoms with Gasteiger partial charge in [0.25, 0.3) is 0 Å². The first-order valence-electron chi connectivity index (χ1n) is 7.56. The van der Waals surface area contributed by atoms with Gasteiger partial charge in [-0.05, 0) is 61.2 Å². The van der Waals surface area contributed by atoms with E-state index >= 15 is 0 Å². The molecule has 1 heterocycles. The number of nitrogens with one attached hydrogen (secondary N) is 1. The van der Waals surface area contributed by atoms with Crippen molar-refractivity contribution in [1.82, 2.24) is 4.98 Å². The molecule has 2 aromatic rings. The normalized spacial score (nSPS) is 10.5. The van der Waals surface area contributed by atoms with Gasteiger partial charge in [0.1, 0.15) is 5.82 Å². The van der Waals surface area contributed by atoms with Crippen LogP contribution in [0.2, 0.25) is 0 Å². The Morgan fingerprint density at radius 2 is 1.81 bits per heavy atom. The second-order valence-corrected chi connectivity index (χ2v) is 5.68. The van der Waals surface area contributed by atoms with E-state index in [-0.39, 0.29) is 0 Å². The maximum Gasteiger partial charge on any atom is 0.126 e. The number of hydrogen-bond donors (Lipinski definition) is 1. The van der Waals surface area contributed by atoms with Gasteiger partial charge in [-0.3, -0.25) is 0 Å². The lowest BCUT2D eigenvalue weighted by Crippen LogP contribution is -2.17. The standard InChI is InChI=1S/C18H25N3/c1-5-7-19-18-12-16(6-8-20-18)13-21(4)17-10-14(2)9-15(3)11-17/h6,8-12H,5,7,13H2,1-4H3,(H,19,20). The summed E-state index contributed by atoms with van der Waals surface area (Å²) in [6.45, 7) is 8.29. The van der Waals surface area contributed by atoms with Crippen molar-refractivity contribution in [2.45, 2.75) is 33.7 Å². The molecule has 1 aromatic heterocycles. The van der Waals surface area contributed by atoms with Crippen LogP contribution in [0.1, 0.15) is 30.0 Å². The van der Waals surface area contributed by atoms with Crippen LogP contribution in [-0.2, 0) is 6.54 Å². The third kappa shape index (κ3) is 4.48. The van der Waals surface area contributed by atoms with Crippen LogP contribution in [0.15, 0.2) is 36.5 Å². The molecule has 0 aliphatic rings. The third-order valence-electron chi connectivity index (χ3n) is 3.45. The molecule has 21 heavy (non-hydrogen) atoms. The van der Waals surface area contributed by atoms with Crippen molar-refractivity contribution in [3.63, 3.8) is 0 Å². The summed E-state index contributed by atoms with van der Waals surface area (Å²) in [6.07, 6.45) is 2.98. The Bertz CT molecular complexity index is 573. The van der Waals surface area contributed by atoms with E-state index < -0.39 is 0 Å². The summed E-state index contributed by atoms with van der Waals surface area (Å²) < 4.78 is 0. The zero-order valence-corrected chi connectivity index (χ0v) is 13.5. The van der Waals surface area contributed by atoms with Crippen LogP contribution in [0.4, 0.5) is 11.5 Å². The highest BCUT2D eigenvalue weighted by Crippen LogP contribution is 2.20. The number of hydrogen-bond acceptors (Lipinski definition) is 3. The fourth-order valence-corrected chi connectivity index (χ4v) is 2.46. The SMILES string of the molecule is CCCNc1cc(CN(C)c2cc(C)cc(C)c2)ccn1. The van der Waals surface area contributed by atoms with E-state index in [0.29, 0.717) is 0 Å². The molecular weight excluding hydrogens is 258 g/mol. The van der Waals surface area contributed by atoms with Gasteiger partial charge in [-0.15, -0.1) is 0 Å². The molecule has 0 aliphatic heterocycles. The van der Waals surface area contributed by atoms with Crippen molar-refractivity contribution >= 4 is 11.5 Å². The van der Waals surface area contributed by atoms with Crippen LogP contribution < -0.4 is 10.2 Å². The Balaban J connectivity index is 2.09. The minimum atomic E-state index is 0.881. The van der Waals surface area contributed by atoms with Crippen molar-refractivity contribution in [2.24, 2.45) is 0 Å². The van der Waals surface area contributed by atoms with Crippen molar-refractivity contribution < 1.29 is 0 Å². The van der Waals surface area contributed by atoms with Gasteiger partial charge in [0.05, 0.1) is 0 Å². The molecule has 0 unspecified atom stereocenters. The van der Waals surface area contributed by atoms with E-state index in [2.05, 4.69) is 73.4 Å². The molecule has 1 aromatic carbocycles. The van der Waals surface area contributed by atoms with E-state index in [4.69, 9.17) is 0 Å². The van der Waals surface area contributed by atoms with Crippen molar-refractivity contribution in [3.8, 4) is 0 Å². The molecule has 0 radical (unpaired) electrons. The molecule has 0 fully saturated rings. The fourth-order valence-electron chi connectivity index (χ4n) is 2.46. The van der Waals surface area contributed by atoms with Gasteiger partial charge in [-0.2, -0.15) is 0 Å². The van der Waals surface area contributed by atoms with Gasteiger partial charge in [0.2, 0.25) is 0 Å². The lowest BCUT2D eigenvalue weighted by Gasteiger charge is -2.21. The Labute approximate surface area is 128 Å². The van der Waals surface area contributed by atoms with E-state index in [1.54, 1.807) is 0 Å². The molecule has 112 valence electrons. The highest BCUT2D eigenvalue weighted by molar-refractivity contribution is 5.51. The Kier molecular flexibility index (Phi) is 5.20. The van der Waals surface area contributed by atoms with Crippen LogP contribution >= 0.6 is 0 Å². The average molecular weight is 283 g/mol. The number of rotatable bonds is 6. The largest absolute Gasteiger partial charge is 0.370 e. The molecular formula is C18H25N3. The number of pyridine rings is 1. The minimum Gasteiger partial charge on any atom is -0.370 e. The summed E-state index contributed by atoms with van der Waals surface area (Å²) >= 11 is 0. The first kappa shape index (κ1) is 15.4.